The van der Waals surface area contributed by atoms with E-state index in [1.54, 1.807) is 8.87 Å². The van der Waals surface area contributed by atoms with Crippen molar-refractivity contribution < 1.29 is 14.3 Å². The van der Waals surface area contributed by atoms with E-state index in [1.807, 2.05) is 0 Å². The van der Waals surface area contributed by atoms with Crippen molar-refractivity contribution in [1.29, 1.82) is 0 Å². The van der Waals surface area contributed by atoms with E-state index in [0.717, 1.165) is 0 Å². The number of esters is 1. The van der Waals surface area contributed by atoms with Crippen molar-refractivity contribution >= 4 is 25.7 Å². The van der Waals surface area contributed by atoms with Gasteiger partial charge in [0.25, 0.3) is 0 Å². The summed E-state index contributed by atoms with van der Waals surface area (Å²) in [6.45, 7) is 10.9. The van der Waals surface area contributed by atoms with Gasteiger partial charge < -0.3 is 0 Å². The van der Waals surface area contributed by atoms with Crippen LogP contribution >= 0.6 is 0 Å². The zero-order chi connectivity index (χ0) is 16.1. The predicted octanol–water partition coefficient (Wildman–Crippen LogP) is 4.81. The van der Waals surface area contributed by atoms with Gasteiger partial charge in [-0.25, -0.2) is 0 Å². The van der Waals surface area contributed by atoms with Crippen molar-refractivity contribution in [3.05, 3.63) is 12.3 Å². The molecule has 0 saturated carbocycles. The zero-order valence-electron chi connectivity index (χ0n) is 14.4. The van der Waals surface area contributed by atoms with E-state index >= 15 is 0 Å². The average molecular weight is 404 g/mol. The molecule has 3 nitrogen and oxygen atoms in total. The molecule has 1 unspecified atom stereocenters. The van der Waals surface area contributed by atoms with Crippen LogP contribution in [0.15, 0.2) is 12.3 Å². The minimum atomic E-state index is -1.16. The summed E-state index contributed by atoms with van der Waals surface area (Å²) in [5, 5.41) is 0. The molecule has 0 aromatic rings. The fraction of sp³-hybridized carbons (Fsp3) is 0.824. The summed E-state index contributed by atoms with van der Waals surface area (Å²) in [7, 11) is 1.35. The molecule has 1 atom stereocenters. The van der Waals surface area contributed by atoms with E-state index in [4.69, 9.17) is 4.74 Å². The van der Waals surface area contributed by atoms with Crippen molar-refractivity contribution in [2.24, 2.45) is 5.92 Å². The molecule has 0 spiro atoms. The number of carbonyl (C=O) groups excluding carboxylic acids is 1. The molecule has 4 heteroatoms. The van der Waals surface area contributed by atoms with Gasteiger partial charge >= 0.3 is 138 Å². The molecule has 0 N–H and O–H groups in total. The first-order chi connectivity index (χ1) is 10.0. The number of methoxy groups -OCH3 is 1. The first kappa shape index (κ1) is 20.8. The van der Waals surface area contributed by atoms with E-state index in [9.17, 15) is 4.79 Å². The van der Waals surface area contributed by atoms with Crippen LogP contribution in [0.1, 0.15) is 52.9 Å². The molecule has 0 bridgehead atoms. The molecule has 0 heterocycles. The van der Waals surface area contributed by atoms with Crippen LogP contribution in [0, 0.1) is 5.92 Å². The molecule has 0 fully saturated rings. The molecular formula is C17H33O3Sn. The monoisotopic (exact) mass is 405 g/mol. The van der Waals surface area contributed by atoms with Crippen LogP contribution in [0.2, 0.25) is 13.3 Å². The number of ether oxygens (including phenoxy) is 2. The second-order valence-electron chi connectivity index (χ2n) is 5.83. The molecule has 1 radical (unpaired) electrons. The van der Waals surface area contributed by atoms with Gasteiger partial charge in [-0.05, 0) is 0 Å². The molecule has 0 aliphatic carbocycles. The van der Waals surface area contributed by atoms with Gasteiger partial charge in [0.05, 0.1) is 0 Å². The fourth-order valence-electron chi connectivity index (χ4n) is 2.18. The van der Waals surface area contributed by atoms with Crippen molar-refractivity contribution in [3.8, 4) is 0 Å². The Morgan fingerprint density at radius 3 is 2.19 bits per heavy atom. The van der Waals surface area contributed by atoms with E-state index in [0.29, 0.717) is 12.5 Å². The molecule has 0 aliphatic rings. The van der Waals surface area contributed by atoms with Crippen LogP contribution < -0.4 is 0 Å². The molecular weight excluding hydrogens is 371 g/mol. The van der Waals surface area contributed by atoms with E-state index in [1.165, 1.54) is 43.7 Å². The summed E-state index contributed by atoms with van der Waals surface area (Å²) in [4.78, 5) is 11.2. The average Bonchev–Trinajstić information content (AvgIpc) is 2.50. The molecule has 123 valence electrons. The molecule has 0 aromatic carbocycles. The maximum atomic E-state index is 11.2. The molecule has 0 saturated heterocycles. The Balaban J connectivity index is 3.96. The Kier molecular flexibility index (Phi) is 13.3. The van der Waals surface area contributed by atoms with Gasteiger partial charge in [-0.3, -0.25) is 0 Å². The van der Waals surface area contributed by atoms with Crippen molar-refractivity contribution in [2.45, 2.75) is 66.2 Å². The first-order valence-electron chi connectivity index (χ1n) is 8.28. The van der Waals surface area contributed by atoms with Crippen molar-refractivity contribution in [3.63, 3.8) is 0 Å². The van der Waals surface area contributed by atoms with Crippen molar-refractivity contribution in [2.75, 3.05) is 13.7 Å². The third-order valence-corrected chi connectivity index (χ3v) is 12.6. The van der Waals surface area contributed by atoms with Crippen LogP contribution in [0.5, 0.6) is 0 Å². The minimum absolute atomic E-state index is 0.125. The summed E-state index contributed by atoms with van der Waals surface area (Å²) in [5.41, 5.74) is 0. The van der Waals surface area contributed by atoms with E-state index in [-0.39, 0.29) is 5.76 Å². The van der Waals surface area contributed by atoms with Gasteiger partial charge in [0.1, 0.15) is 0 Å². The second-order valence-corrected chi connectivity index (χ2v) is 14.4. The molecule has 21 heavy (non-hydrogen) atoms. The van der Waals surface area contributed by atoms with Gasteiger partial charge in [-0.1, -0.05) is 0 Å². The van der Waals surface area contributed by atoms with Crippen LogP contribution in [0.3, 0.4) is 0 Å². The van der Waals surface area contributed by atoms with Crippen LogP contribution in [-0.4, -0.2) is 39.4 Å². The van der Waals surface area contributed by atoms with Gasteiger partial charge in [-0.2, -0.15) is 0 Å². The third kappa shape index (κ3) is 11.1. The Bertz CT molecular complexity index is 284. The maximum absolute atomic E-state index is 11.2. The summed E-state index contributed by atoms with van der Waals surface area (Å²) < 4.78 is 14.5. The number of hydrogen-bond acceptors (Lipinski definition) is 3. The third-order valence-electron chi connectivity index (χ3n) is 3.71. The second kappa shape index (κ2) is 13.5. The van der Waals surface area contributed by atoms with E-state index in [2.05, 4.69) is 32.1 Å². The van der Waals surface area contributed by atoms with E-state index < -0.39 is 25.7 Å². The first-order valence-corrected chi connectivity index (χ1v) is 14.3. The summed E-state index contributed by atoms with van der Waals surface area (Å²) in [6, 6.07) is 0. The molecule has 0 rings (SSSR count). The van der Waals surface area contributed by atoms with Gasteiger partial charge in [-0.15, -0.1) is 0 Å². The predicted molar refractivity (Wildman–Crippen MR) is 90.9 cm³/mol. The van der Waals surface area contributed by atoms with Crippen LogP contribution in [-0.2, 0) is 14.3 Å². The van der Waals surface area contributed by atoms with Crippen LogP contribution in [0.25, 0.3) is 0 Å². The fourth-order valence-corrected chi connectivity index (χ4v) is 11.8. The molecule has 0 aromatic heterocycles. The quantitative estimate of drug-likeness (QED) is 0.191. The molecule has 0 amide bonds. The Hall–Kier alpha value is -0.191. The SMILES string of the molecule is C=C(OCC(C)C[CH2][Sn]([CH2]CCC)[CH2]CCC)C(=O)OC. The number of rotatable bonds is 13. The normalized spacial score (nSPS) is 12.2. The van der Waals surface area contributed by atoms with Gasteiger partial charge in [0.2, 0.25) is 0 Å². The van der Waals surface area contributed by atoms with Gasteiger partial charge in [0, 0.05) is 0 Å². The van der Waals surface area contributed by atoms with Gasteiger partial charge in [0.15, 0.2) is 0 Å². The number of unbranched alkanes of at least 4 members (excludes halogenated alkanes) is 2. The topological polar surface area (TPSA) is 35.5 Å². The molecule has 0 aliphatic heterocycles. The summed E-state index contributed by atoms with van der Waals surface area (Å²) in [6.07, 6.45) is 6.73. The summed E-state index contributed by atoms with van der Waals surface area (Å²) in [5.74, 6) is 0.148. The Morgan fingerprint density at radius 2 is 1.71 bits per heavy atom. The zero-order valence-corrected chi connectivity index (χ0v) is 17.2. The summed E-state index contributed by atoms with van der Waals surface area (Å²) >= 11 is -1.16. The standard InChI is InChI=1S/C9H15O3.2C4H9.Sn/c1-5-7(2)6-12-8(3)9(10)11-4;2*1-3-4-2;/h7H,1,3,5-6H2,2,4H3;2*1,3-4H2,2H3;. The Morgan fingerprint density at radius 1 is 1.14 bits per heavy atom. The van der Waals surface area contributed by atoms with Crippen LogP contribution in [0.4, 0.5) is 0 Å². The van der Waals surface area contributed by atoms with Crippen molar-refractivity contribution in [1.82, 2.24) is 0 Å². The Labute approximate surface area is 138 Å². The number of carbonyl (C=O) groups is 1. The number of hydrogen-bond donors (Lipinski definition) is 0.